The molecule has 0 unspecified atom stereocenters. The van der Waals surface area contributed by atoms with Crippen LogP contribution in [0.4, 0.5) is 10.8 Å². The summed E-state index contributed by atoms with van der Waals surface area (Å²) in [4.78, 5) is 37.4. The van der Waals surface area contributed by atoms with Crippen molar-refractivity contribution in [3.8, 4) is 5.69 Å². The number of carbonyl (C=O) groups is 2. The van der Waals surface area contributed by atoms with Crippen LogP contribution in [0.2, 0.25) is 0 Å². The molecule has 0 aliphatic heterocycles. The number of thiophene rings is 1. The van der Waals surface area contributed by atoms with Crippen LogP contribution < -0.4 is 11.1 Å². The molecule has 0 saturated heterocycles. The highest BCUT2D eigenvalue weighted by Crippen LogP contribution is 2.40. The summed E-state index contributed by atoms with van der Waals surface area (Å²) in [6.07, 6.45) is 3.73. The minimum absolute atomic E-state index is 0.221. The molecule has 38 heavy (non-hydrogen) atoms. The van der Waals surface area contributed by atoms with Crippen LogP contribution in [0.3, 0.4) is 0 Å². The van der Waals surface area contributed by atoms with E-state index in [9.17, 15) is 9.59 Å². The lowest BCUT2D eigenvalue weighted by Gasteiger charge is -2.12. The van der Waals surface area contributed by atoms with Gasteiger partial charge in [0, 0.05) is 10.6 Å². The Balaban J connectivity index is 1.54. The van der Waals surface area contributed by atoms with Gasteiger partial charge in [-0.25, -0.2) is 14.8 Å². The number of aryl methyl sites for hydroxylation is 3. The highest BCUT2D eigenvalue weighted by atomic mass is 32.1. The van der Waals surface area contributed by atoms with E-state index in [2.05, 4.69) is 5.32 Å². The Morgan fingerprint density at radius 2 is 1.74 bits per heavy atom. The number of carbonyl (C=O) groups excluding carboxylic acids is 2. The molecule has 1 aliphatic carbocycles. The molecule has 0 saturated carbocycles. The minimum Gasteiger partial charge on any atom is -0.465 e. The van der Waals surface area contributed by atoms with Crippen LogP contribution in [0.5, 0.6) is 0 Å². The second kappa shape index (κ2) is 9.25. The quantitative estimate of drug-likeness (QED) is 0.289. The SMILES string of the molecule is COC(=O)c1c(NC(=O)c2c(N)n(-c3ccc(C)c(C)c3)c3nc4ccccc4nc23)sc2c1CCCC2. The maximum Gasteiger partial charge on any atom is 0.341 e. The normalized spacial score (nSPS) is 13.0. The molecular formula is C29H27N5O3S. The molecule has 3 heterocycles. The summed E-state index contributed by atoms with van der Waals surface area (Å²) in [6.45, 7) is 4.07. The van der Waals surface area contributed by atoms with E-state index in [0.29, 0.717) is 32.8 Å². The number of aromatic nitrogens is 3. The standard InChI is InChI=1S/C29H27N5O3S/c1-15-12-13-17(14-16(15)2)34-25(30)23(24-26(34)32-20-10-6-5-9-19(20)31-24)27(35)33-28-22(29(36)37-3)18-8-4-7-11-21(18)38-28/h5-6,9-10,12-14H,4,7-8,11,30H2,1-3H3,(H,33,35). The zero-order valence-electron chi connectivity index (χ0n) is 21.4. The van der Waals surface area contributed by atoms with Crippen LogP contribution in [0.15, 0.2) is 42.5 Å². The fraction of sp³-hybridized carbons (Fsp3) is 0.241. The highest BCUT2D eigenvalue weighted by Gasteiger charge is 2.30. The molecule has 8 nitrogen and oxygen atoms in total. The zero-order chi connectivity index (χ0) is 26.6. The van der Waals surface area contributed by atoms with Gasteiger partial charge in [0.15, 0.2) is 5.65 Å². The number of hydrogen-bond acceptors (Lipinski definition) is 7. The maximum absolute atomic E-state index is 13.9. The summed E-state index contributed by atoms with van der Waals surface area (Å²) in [5.74, 6) is -0.656. The maximum atomic E-state index is 13.9. The number of nitrogens with two attached hydrogens (primary N) is 1. The molecule has 2 aromatic carbocycles. The number of nitrogens with one attached hydrogen (secondary N) is 1. The largest absolute Gasteiger partial charge is 0.465 e. The van der Waals surface area contributed by atoms with Crippen molar-refractivity contribution in [2.24, 2.45) is 0 Å². The van der Waals surface area contributed by atoms with Crippen LogP contribution >= 0.6 is 11.3 Å². The van der Waals surface area contributed by atoms with E-state index in [0.717, 1.165) is 52.9 Å². The summed E-state index contributed by atoms with van der Waals surface area (Å²) in [5.41, 5.74) is 13.6. The van der Waals surface area contributed by atoms with Crippen molar-refractivity contribution < 1.29 is 14.3 Å². The molecule has 9 heteroatoms. The zero-order valence-corrected chi connectivity index (χ0v) is 22.2. The van der Waals surface area contributed by atoms with Crippen molar-refractivity contribution in [3.05, 3.63) is 75.2 Å². The number of nitrogen functional groups attached to an aromatic ring is 1. The van der Waals surface area contributed by atoms with Crippen molar-refractivity contribution in [2.75, 3.05) is 18.2 Å². The van der Waals surface area contributed by atoms with Crippen LogP contribution in [0, 0.1) is 13.8 Å². The van der Waals surface area contributed by atoms with Crippen LogP contribution in [0.25, 0.3) is 27.9 Å². The first-order valence-electron chi connectivity index (χ1n) is 12.6. The second-order valence-corrected chi connectivity index (χ2v) is 10.7. The molecule has 0 radical (unpaired) electrons. The third-order valence-corrected chi connectivity index (χ3v) is 8.47. The lowest BCUT2D eigenvalue weighted by atomic mass is 9.95. The van der Waals surface area contributed by atoms with Crippen molar-refractivity contribution in [1.29, 1.82) is 0 Å². The Morgan fingerprint density at radius 3 is 2.47 bits per heavy atom. The number of esters is 1. The molecule has 3 aromatic heterocycles. The van der Waals surface area contributed by atoms with Crippen LogP contribution in [-0.2, 0) is 17.6 Å². The topological polar surface area (TPSA) is 112 Å². The smallest absolute Gasteiger partial charge is 0.341 e. The predicted molar refractivity (Wildman–Crippen MR) is 151 cm³/mol. The summed E-state index contributed by atoms with van der Waals surface area (Å²) in [7, 11) is 1.36. The predicted octanol–water partition coefficient (Wildman–Crippen LogP) is 5.75. The monoisotopic (exact) mass is 525 g/mol. The summed E-state index contributed by atoms with van der Waals surface area (Å²) < 4.78 is 6.85. The fourth-order valence-electron chi connectivity index (χ4n) is 5.15. The third-order valence-electron chi connectivity index (χ3n) is 7.26. The Morgan fingerprint density at radius 1 is 1.00 bits per heavy atom. The lowest BCUT2D eigenvalue weighted by molar-refractivity contribution is 0.0601. The summed E-state index contributed by atoms with van der Waals surface area (Å²) in [5, 5.41) is 3.46. The first kappa shape index (κ1) is 24.1. The number of para-hydroxylation sites is 2. The molecule has 0 bridgehead atoms. The Bertz CT molecular complexity index is 1770. The van der Waals surface area contributed by atoms with Gasteiger partial charge in [-0.15, -0.1) is 11.3 Å². The minimum atomic E-state index is -0.448. The second-order valence-electron chi connectivity index (χ2n) is 9.61. The molecule has 3 N–H and O–H groups in total. The first-order valence-corrected chi connectivity index (χ1v) is 13.4. The molecule has 5 aromatic rings. The van der Waals surface area contributed by atoms with Gasteiger partial charge in [0.2, 0.25) is 0 Å². The van der Waals surface area contributed by atoms with Crippen LogP contribution in [-0.4, -0.2) is 33.5 Å². The van der Waals surface area contributed by atoms with Gasteiger partial charge in [-0.05, 0) is 80.5 Å². The number of rotatable bonds is 4. The average molecular weight is 526 g/mol. The van der Waals surface area contributed by atoms with Crippen molar-refractivity contribution in [2.45, 2.75) is 39.5 Å². The Hall–Kier alpha value is -4.24. The molecule has 1 aliphatic rings. The number of anilines is 2. The average Bonchev–Trinajstić information content (AvgIpc) is 3.42. The van der Waals surface area contributed by atoms with E-state index < -0.39 is 11.9 Å². The van der Waals surface area contributed by atoms with E-state index in [1.54, 1.807) is 4.57 Å². The summed E-state index contributed by atoms with van der Waals surface area (Å²) >= 11 is 1.43. The van der Waals surface area contributed by atoms with E-state index in [1.807, 2.05) is 56.3 Å². The van der Waals surface area contributed by atoms with E-state index >= 15 is 0 Å². The van der Waals surface area contributed by atoms with Gasteiger partial charge in [0.25, 0.3) is 5.91 Å². The highest BCUT2D eigenvalue weighted by molar-refractivity contribution is 7.17. The van der Waals surface area contributed by atoms with Crippen molar-refractivity contribution >= 4 is 56.2 Å². The number of ether oxygens (including phenoxy) is 1. The fourth-order valence-corrected chi connectivity index (χ4v) is 6.42. The van der Waals surface area contributed by atoms with Gasteiger partial charge in [0.05, 0.1) is 23.7 Å². The number of hydrogen-bond donors (Lipinski definition) is 2. The van der Waals surface area contributed by atoms with Gasteiger partial charge in [-0.3, -0.25) is 9.36 Å². The number of methoxy groups -OCH3 is 1. The molecule has 6 rings (SSSR count). The lowest BCUT2D eigenvalue weighted by Crippen LogP contribution is -2.16. The van der Waals surface area contributed by atoms with Gasteiger partial charge in [0.1, 0.15) is 21.9 Å². The molecule has 192 valence electrons. The van der Waals surface area contributed by atoms with Gasteiger partial charge < -0.3 is 15.8 Å². The Labute approximate surface area is 223 Å². The third kappa shape index (κ3) is 3.81. The number of fused-ring (bicyclic) bond motifs is 3. The van der Waals surface area contributed by atoms with Gasteiger partial charge >= 0.3 is 5.97 Å². The Kier molecular flexibility index (Phi) is 5.87. The number of benzene rings is 2. The molecule has 0 atom stereocenters. The molecule has 0 fully saturated rings. The number of amides is 1. The molecule has 0 spiro atoms. The van der Waals surface area contributed by atoms with E-state index in [4.69, 9.17) is 20.4 Å². The van der Waals surface area contributed by atoms with Crippen LogP contribution in [0.1, 0.15) is 55.1 Å². The van der Waals surface area contributed by atoms with Crippen molar-refractivity contribution in [1.82, 2.24) is 14.5 Å². The summed E-state index contributed by atoms with van der Waals surface area (Å²) in [6, 6.07) is 13.5. The van der Waals surface area contributed by atoms with Gasteiger partial charge in [-0.1, -0.05) is 18.2 Å². The van der Waals surface area contributed by atoms with E-state index in [1.165, 1.54) is 18.4 Å². The van der Waals surface area contributed by atoms with E-state index in [-0.39, 0.29) is 11.4 Å². The van der Waals surface area contributed by atoms with Crippen molar-refractivity contribution in [3.63, 3.8) is 0 Å². The molecular weight excluding hydrogens is 498 g/mol. The van der Waals surface area contributed by atoms with Gasteiger partial charge in [-0.2, -0.15) is 0 Å². The first-order chi connectivity index (χ1) is 18.4. The number of nitrogens with zero attached hydrogens (tertiary/aromatic N) is 3. The molecule has 1 amide bonds.